The Morgan fingerprint density at radius 3 is 2.18 bits per heavy atom. The van der Waals surface area contributed by atoms with Gasteiger partial charge in [0, 0.05) is 12.1 Å². The van der Waals surface area contributed by atoms with Crippen LogP contribution in [0.25, 0.3) is 0 Å². The maximum atomic E-state index is 12.3. The molecule has 0 unspecified atom stereocenters. The van der Waals surface area contributed by atoms with E-state index in [1.165, 1.54) is 5.56 Å². The zero-order valence-electron chi connectivity index (χ0n) is 21.5. The summed E-state index contributed by atoms with van der Waals surface area (Å²) in [6.45, 7) is 5.64. The predicted octanol–water partition coefficient (Wildman–Crippen LogP) is 6.05. The Morgan fingerprint density at radius 1 is 0.921 bits per heavy atom. The highest BCUT2D eigenvalue weighted by atomic mass is 35.5. The minimum Gasteiger partial charge on any atom is -0.457 e. The third kappa shape index (κ3) is 5.64. The lowest BCUT2D eigenvalue weighted by Gasteiger charge is -2.32. The second kappa shape index (κ2) is 11.1. The van der Waals surface area contributed by atoms with E-state index in [0.717, 1.165) is 28.3 Å². The maximum absolute atomic E-state index is 12.3. The van der Waals surface area contributed by atoms with E-state index in [-0.39, 0.29) is 19.4 Å². The molecule has 0 aromatic heterocycles. The van der Waals surface area contributed by atoms with Crippen LogP contribution >= 0.6 is 11.6 Å². The Kier molecular flexibility index (Phi) is 7.58. The third-order valence-corrected chi connectivity index (χ3v) is 7.16. The molecule has 1 spiro atoms. The first-order valence-electron chi connectivity index (χ1n) is 12.9. The average molecular weight is 535 g/mol. The molecule has 0 aliphatic carbocycles. The lowest BCUT2D eigenvalue weighted by molar-refractivity contribution is -0.225. The molecule has 1 saturated heterocycles. The van der Waals surface area contributed by atoms with Crippen molar-refractivity contribution < 1.29 is 23.8 Å². The first kappa shape index (κ1) is 26.1. The van der Waals surface area contributed by atoms with Crippen molar-refractivity contribution in [1.82, 2.24) is 5.32 Å². The van der Waals surface area contributed by atoms with Crippen LogP contribution in [0.3, 0.4) is 0 Å². The summed E-state index contributed by atoms with van der Waals surface area (Å²) in [6, 6.07) is 19.5. The number of hydrogen-bond acceptors (Lipinski definition) is 7. The number of carbonyl (C=O) groups excluding carboxylic acids is 2. The second-order valence-electron chi connectivity index (χ2n) is 9.90. The number of carbonyl (C=O) groups is 2. The number of nitrogens with one attached hydrogen (secondary N) is 2. The molecule has 8 heteroatoms. The molecular weight excluding hydrogens is 504 g/mol. The molecule has 2 aliphatic rings. The molecule has 198 valence electrons. The normalized spacial score (nSPS) is 16.7. The highest BCUT2D eigenvalue weighted by Crippen LogP contribution is 2.40. The van der Waals surface area contributed by atoms with Crippen molar-refractivity contribution in [3.63, 3.8) is 0 Å². The molecule has 1 fully saturated rings. The average Bonchev–Trinajstić information content (AvgIpc) is 3.16. The highest BCUT2D eigenvalue weighted by molar-refractivity contribution is 6.33. The van der Waals surface area contributed by atoms with E-state index in [1.54, 1.807) is 12.1 Å². The Bertz CT molecular complexity index is 1300. The highest BCUT2D eigenvalue weighted by Gasteiger charge is 2.46. The smallest absolute Gasteiger partial charge is 0.309 e. The van der Waals surface area contributed by atoms with Crippen molar-refractivity contribution in [3.8, 4) is 11.5 Å². The van der Waals surface area contributed by atoms with Gasteiger partial charge in [0.05, 0.1) is 30.1 Å². The summed E-state index contributed by atoms with van der Waals surface area (Å²) < 4.78 is 17.4. The third-order valence-electron chi connectivity index (χ3n) is 6.85. The molecule has 0 bridgehead atoms. The molecule has 2 N–H and O–H groups in total. The van der Waals surface area contributed by atoms with Gasteiger partial charge in [0.2, 0.25) is 0 Å². The number of rotatable bonds is 6. The van der Waals surface area contributed by atoms with Gasteiger partial charge in [0.25, 0.3) is 5.79 Å². The van der Waals surface area contributed by atoms with Crippen molar-refractivity contribution >= 4 is 29.2 Å². The van der Waals surface area contributed by atoms with Crippen molar-refractivity contribution in [3.05, 3.63) is 87.9 Å². The number of fused-ring (bicyclic) bond motifs is 2. The van der Waals surface area contributed by atoms with Gasteiger partial charge in [0.1, 0.15) is 11.5 Å². The quantitative estimate of drug-likeness (QED) is 0.372. The molecule has 38 heavy (non-hydrogen) atoms. The summed E-state index contributed by atoms with van der Waals surface area (Å²) in [5.41, 5.74) is 4.53. The number of ether oxygens (including phenoxy) is 3. The van der Waals surface area contributed by atoms with E-state index in [9.17, 15) is 9.59 Å². The number of benzene rings is 3. The molecule has 3 aromatic carbocycles. The van der Waals surface area contributed by atoms with Crippen LogP contribution < -0.4 is 15.4 Å². The van der Waals surface area contributed by atoms with Gasteiger partial charge in [-0.05, 0) is 72.0 Å². The van der Waals surface area contributed by atoms with Gasteiger partial charge in [-0.15, -0.1) is 0 Å². The topological polar surface area (TPSA) is 85.9 Å². The van der Waals surface area contributed by atoms with Crippen molar-refractivity contribution in [2.24, 2.45) is 0 Å². The molecule has 2 heterocycles. The van der Waals surface area contributed by atoms with Crippen LogP contribution in [0.15, 0.2) is 60.7 Å². The van der Waals surface area contributed by atoms with E-state index in [0.29, 0.717) is 36.0 Å². The molecule has 0 atom stereocenters. The first-order valence-corrected chi connectivity index (χ1v) is 13.3. The van der Waals surface area contributed by atoms with Crippen LogP contribution in [0, 0.1) is 0 Å². The molecular formula is C30H31ClN2O5. The minimum absolute atomic E-state index is 0.00240. The van der Waals surface area contributed by atoms with Crippen LogP contribution in [0.2, 0.25) is 5.02 Å². The van der Waals surface area contributed by atoms with Gasteiger partial charge in [-0.3, -0.25) is 9.59 Å². The fourth-order valence-electron chi connectivity index (χ4n) is 4.79. The van der Waals surface area contributed by atoms with Gasteiger partial charge < -0.3 is 24.8 Å². The summed E-state index contributed by atoms with van der Waals surface area (Å²) in [4.78, 5) is 24.7. The van der Waals surface area contributed by atoms with Gasteiger partial charge >= 0.3 is 11.9 Å². The van der Waals surface area contributed by atoms with Crippen LogP contribution in [0.5, 0.6) is 11.5 Å². The Morgan fingerprint density at radius 2 is 1.55 bits per heavy atom. The molecule has 5 rings (SSSR count). The predicted molar refractivity (Wildman–Crippen MR) is 145 cm³/mol. The van der Waals surface area contributed by atoms with E-state index in [2.05, 4.69) is 36.6 Å². The fraction of sp³-hybridized carbons (Fsp3) is 0.333. The summed E-state index contributed by atoms with van der Waals surface area (Å²) >= 11 is 6.63. The summed E-state index contributed by atoms with van der Waals surface area (Å²) in [7, 11) is 0. The lowest BCUT2D eigenvalue weighted by atomic mass is 9.96. The molecule has 3 aromatic rings. The van der Waals surface area contributed by atoms with E-state index in [1.807, 2.05) is 36.4 Å². The Balaban J connectivity index is 1.33. The van der Waals surface area contributed by atoms with Crippen LogP contribution in [0.1, 0.15) is 54.9 Å². The number of anilines is 1. The minimum atomic E-state index is -1.51. The van der Waals surface area contributed by atoms with Crippen molar-refractivity contribution in [2.75, 3.05) is 18.4 Å². The van der Waals surface area contributed by atoms with Gasteiger partial charge in [-0.25, -0.2) is 0 Å². The molecule has 2 aliphatic heterocycles. The Hall–Kier alpha value is -3.55. The summed E-state index contributed by atoms with van der Waals surface area (Å²) in [5.74, 6) is -0.419. The first-order chi connectivity index (χ1) is 18.3. The number of halogens is 1. The van der Waals surface area contributed by atoms with Crippen LogP contribution in [-0.4, -0.2) is 25.0 Å². The van der Waals surface area contributed by atoms with E-state index < -0.39 is 17.7 Å². The van der Waals surface area contributed by atoms with E-state index >= 15 is 0 Å². The molecule has 7 nitrogen and oxygen atoms in total. The molecule has 0 saturated carbocycles. The lowest BCUT2D eigenvalue weighted by Crippen LogP contribution is -2.43. The molecule has 0 radical (unpaired) electrons. The zero-order chi connectivity index (χ0) is 26.7. The number of esters is 2. The molecule has 0 amide bonds. The van der Waals surface area contributed by atoms with E-state index in [4.69, 9.17) is 25.8 Å². The van der Waals surface area contributed by atoms with Crippen LogP contribution in [0.4, 0.5) is 5.69 Å². The number of hydrogen-bond donors (Lipinski definition) is 2. The monoisotopic (exact) mass is 534 g/mol. The van der Waals surface area contributed by atoms with Gasteiger partial charge in [-0.2, -0.15) is 0 Å². The zero-order valence-corrected chi connectivity index (χ0v) is 22.3. The summed E-state index contributed by atoms with van der Waals surface area (Å²) in [6.07, 6.45) is 0.618. The Labute approximate surface area is 227 Å². The largest absolute Gasteiger partial charge is 0.457 e. The standard InChI is InChI=1S/C30H31ClN2O5/c1-19(2)21-5-9-23(10-6-21)36-22-7-3-20(4-8-22)17-33-29-24-15-16-32-18-30(25(24)11-12-26(29)31)37-27(34)13-14-28(35)38-30/h3-12,19,32-33H,13-18H2,1-2H3. The SMILES string of the molecule is CC(C)c1ccc(Oc2ccc(CNc3c(Cl)ccc4c3CCNCC43OC(=O)CCC(=O)O3)cc2)cc1. The summed E-state index contributed by atoms with van der Waals surface area (Å²) in [5, 5.41) is 7.23. The maximum Gasteiger partial charge on any atom is 0.309 e. The fourth-order valence-corrected chi connectivity index (χ4v) is 5.03. The van der Waals surface area contributed by atoms with Crippen molar-refractivity contribution in [2.45, 2.75) is 51.4 Å². The van der Waals surface area contributed by atoms with Crippen LogP contribution in [-0.2, 0) is 37.8 Å². The van der Waals surface area contributed by atoms with Gasteiger partial charge in [0.15, 0.2) is 0 Å². The van der Waals surface area contributed by atoms with Crippen molar-refractivity contribution in [1.29, 1.82) is 0 Å². The van der Waals surface area contributed by atoms with Gasteiger partial charge in [-0.1, -0.05) is 49.7 Å². The second-order valence-corrected chi connectivity index (χ2v) is 10.3.